The molecule has 0 saturated heterocycles. The van der Waals surface area contributed by atoms with Crippen molar-refractivity contribution in [3.05, 3.63) is 56.5 Å². The first-order valence-corrected chi connectivity index (χ1v) is 9.92. The highest BCUT2D eigenvalue weighted by atomic mass is 79.9. The molecule has 0 fully saturated rings. The van der Waals surface area contributed by atoms with Gasteiger partial charge in [0.25, 0.3) is 11.8 Å². The molecule has 0 aliphatic heterocycles. The first kappa shape index (κ1) is 22.1. The van der Waals surface area contributed by atoms with Gasteiger partial charge in [0.15, 0.2) is 11.7 Å². The normalized spacial score (nSPS) is 10.0. The number of thiocarbonyl (C=S) groups is 1. The smallest absolute Gasteiger partial charge is 0.276 e. The van der Waals surface area contributed by atoms with Crippen LogP contribution < -0.4 is 25.6 Å². The molecule has 2 amide bonds. The van der Waals surface area contributed by atoms with Gasteiger partial charge in [-0.15, -0.1) is 0 Å². The molecule has 0 unspecified atom stereocenters. The second-order valence-electron chi connectivity index (χ2n) is 5.50. The van der Waals surface area contributed by atoms with E-state index in [2.05, 4.69) is 48.0 Å². The summed E-state index contributed by atoms with van der Waals surface area (Å²) in [6.45, 7) is 1.70. The Bertz CT molecular complexity index is 908. The summed E-state index contributed by atoms with van der Waals surface area (Å²) in [5, 5.41) is 2.39. The number of rotatable bonds is 5. The topological polar surface area (TPSA) is 88.7 Å². The maximum Gasteiger partial charge on any atom is 0.276 e. The summed E-state index contributed by atoms with van der Waals surface area (Å²) in [5.41, 5.74) is 6.09. The highest BCUT2D eigenvalue weighted by Crippen LogP contribution is 2.23. The second kappa shape index (κ2) is 10.4. The molecule has 0 atom stereocenters. The van der Waals surface area contributed by atoms with Crippen molar-refractivity contribution < 1.29 is 19.1 Å². The van der Waals surface area contributed by atoms with E-state index in [0.717, 1.165) is 10.0 Å². The van der Waals surface area contributed by atoms with E-state index < -0.39 is 11.8 Å². The van der Waals surface area contributed by atoms with E-state index in [4.69, 9.17) is 21.7 Å². The largest absolute Gasteiger partial charge is 0.496 e. The molecule has 2 aromatic carbocycles. The summed E-state index contributed by atoms with van der Waals surface area (Å²) in [6, 6.07) is 10.4. The average molecular weight is 531 g/mol. The Kier molecular flexibility index (Phi) is 8.21. The summed E-state index contributed by atoms with van der Waals surface area (Å²) in [7, 11) is 1.46. The van der Waals surface area contributed by atoms with Gasteiger partial charge in [0.05, 0.1) is 12.7 Å². The van der Waals surface area contributed by atoms with Crippen LogP contribution in [0, 0.1) is 6.92 Å². The fourth-order valence-corrected chi connectivity index (χ4v) is 2.83. The standard InChI is InChI=1S/C18H17Br2N3O4S/c1-10-7-12(4-5-14(10)20)27-9-16(24)22-23-18(28)21-17(25)13-8-11(19)3-6-15(13)26-2/h3-8H,9H2,1-2H3,(H,22,24)(H2,21,23,25,28). The zero-order valence-electron chi connectivity index (χ0n) is 15.0. The Morgan fingerprint density at radius 3 is 2.54 bits per heavy atom. The molecular formula is C18H17Br2N3O4S. The molecule has 0 bridgehead atoms. The maximum atomic E-state index is 12.3. The lowest BCUT2D eigenvalue weighted by atomic mass is 10.2. The van der Waals surface area contributed by atoms with Crippen LogP contribution in [-0.2, 0) is 4.79 Å². The molecule has 0 spiro atoms. The Balaban J connectivity index is 1.81. The molecule has 2 rings (SSSR count). The summed E-state index contributed by atoms with van der Waals surface area (Å²) >= 11 is 11.7. The van der Waals surface area contributed by atoms with Gasteiger partial charge in [-0.1, -0.05) is 31.9 Å². The molecule has 0 heterocycles. The number of amides is 2. The molecule has 7 nitrogen and oxygen atoms in total. The molecule has 28 heavy (non-hydrogen) atoms. The van der Waals surface area contributed by atoms with E-state index in [1.807, 2.05) is 13.0 Å². The predicted octanol–water partition coefficient (Wildman–Crippen LogP) is 3.24. The van der Waals surface area contributed by atoms with Gasteiger partial charge in [-0.2, -0.15) is 0 Å². The molecule has 0 radical (unpaired) electrons. The van der Waals surface area contributed by atoms with Crippen molar-refractivity contribution in [1.29, 1.82) is 0 Å². The van der Waals surface area contributed by atoms with Gasteiger partial charge in [0.2, 0.25) is 0 Å². The van der Waals surface area contributed by atoms with Crippen LogP contribution in [0.5, 0.6) is 11.5 Å². The predicted molar refractivity (Wildman–Crippen MR) is 116 cm³/mol. The minimum Gasteiger partial charge on any atom is -0.496 e. The third-order valence-corrected chi connectivity index (χ3v) is 5.04. The number of carbonyl (C=O) groups excluding carboxylic acids is 2. The van der Waals surface area contributed by atoms with Crippen molar-refractivity contribution >= 4 is 61.0 Å². The number of methoxy groups -OCH3 is 1. The quantitative estimate of drug-likeness (QED) is 0.406. The van der Waals surface area contributed by atoms with Gasteiger partial charge in [0, 0.05) is 8.95 Å². The van der Waals surface area contributed by atoms with Gasteiger partial charge in [-0.05, 0) is 61.1 Å². The highest BCUT2D eigenvalue weighted by Gasteiger charge is 2.14. The SMILES string of the molecule is COc1ccc(Br)cc1C(=O)NC(=S)NNC(=O)COc1ccc(Br)c(C)c1. The number of hydrogen-bond acceptors (Lipinski definition) is 5. The van der Waals surface area contributed by atoms with Crippen LogP contribution in [-0.4, -0.2) is 30.6 Å². The van der Waals surface area contributed by atoms with Crippen LogP contribution in [0.2, 0.25) is 0 Å². The maximum absolute atomic E-state index is 12.3. The van der Waals surface area contributed by atoms with E-state index in [9.17, 15) is 9.59 Å². The van der Waals surface area contributed by atoms with Crippen LogP contribution in [0.4, 0.5) is 0 Å². The number of nitrogens with one attached hydrogen (secondary N) is 3. The average Bonchev–Trinajstić information content (AvgIpc) is 2.67. The minimum absolute atomic E-state index is 0.0696. The number of aryl methyl sites for hydroxylation is 1. The van der Waals surface area contributed by atoms with Gasteiger partial charge >= 0.3 is 0 Å². The van der Waals surface area contributed by atoms with Crippen molar-refractivity contribution in [3.63, 3.8) is 0 Å². The molecule has 10 heteroatoms. The molecule has 0 aliphatic carbocycles. The number of benzene rings is 2. The monoisotopic (exact) mass is 529 g/mol. The van der Waals surface area contributed by atoms with Gasteiger partial charge in [-0.25, -0.2) is 0 Å². The van der Waals surface area contributed by atoms with Gasteiger partial charge in [0.1, 0.15) is 11.5 Å². The Labute approximate surface area is 184 Å². The lowest BCUT2D eigenvalue weighted by molar-refractivity contribution is -0.123. The van der Waals surface area contributed by atoms with Crippen LogP contribution in [0.25, 0.3) is 0 Å². The van der Waals surface area contributed by atoms with Crippen molar-refractivity contribution in [2.75, 3.05) is 13.7 Å². The number of carbonyl (C=O) groups is 2. The van der Waals surface area contributed by atoms with Crippen LogP contribution in [0.15, 0.2) is 45.3 Å². The van der Waals surface area contributed by atoms with Crippen molar-refractivity contribution in [2.24, 2.45) is 0 Å². The zero-order valence-corrected chi connectivity index (χ0v) is 19.0. The summed E-state index contributed by atoms with van der Waals surface area (Å²) in [5.74, 6) is 0.0166. The van der Waals surface area contributed by atoms with Crippen LogP contribution >= 0.6 is 44.1 Å². The summed E-state index contributed by atoms with van der Waals surface area (Å²) in [6.07, 6.45) is 0. The van der Waals surface area contributed by atoms with Gasteiger partial charge in [-0.3, -0.25) is 25.8 Å². The molecule has 0 aliphatic rings. The highest BCUT2D eigenvalue weighted by molar-refractivity contribution is 9.10. The Morgan fingerprint density at radius 1 is 1.11 bits per heavy atom. The molecule has 0 saturated carbocycles. The number of hydrogen-bond donors (Lipinski definition) is 3. The number of halogens is 2. The van der Waals surface area contributed by atoms with E-state index in [1.165, 1.54) is 7.11 Å². The van der Waals surface area contributed by atoms with E-state index in [0.29, 0.717) is 21.5 Å². The van der Waals surface area contributed by atoms with E-state index in [-0.39, 0.29) is 11.7 Å². The van der Waals surface area contributed by atoms with Crippen LogP contribution in [0.1, 0.15) is 15.9 Å². The Morgan fingerprint density at radius 2 is 1.86 bits per heavy atom. The van der Waals surface area contributed by atoms with E-state index in [1.54, 1.807) is 30.3 Å². The van der Waals surface area contributed by atoms with Crippen molar-refractivity contribution in [3.8, 4) is 11.5 Å². The minimum atomic E-state index is -0.480. The molecule has 3 N–H and O–H groups in total. The molecule has 148 valence electrons. The first-order chi connectivity index (χ1) is 13.3. The lowest BCUT2D eigenvalue weighted by Gasteiger charge is -2.13. The number of hydrazine groups is 1. The first-order valence-electron chi connectivity index (χ1n) is 7.93. The third-order valence-electron chi connectivity index (χ3n) is 3.45. The van der Waals surface area contributed by atoms with E-state index >= 15 is 0 Å². The molecule has 2 aromatic rings. The number of ether oxygens (including phenoxy) is 2. The summed E-state index contributed by atoms with van der Waals surface area (Å²) < 4.78 is 12.2. The second-order valence-corrected chi connectivity index (χ2v) is 7.68. The zero-order chi connectivity index (χ0) is 20.7. The molecular weight excluding hydrogens is 514 g/mol. The Hall–Kier alpha value is -2.17. The summed E-state index contributed by atoms with van der Waals surface area (Å²) in [4.78, 5) is 24.2. The van der Waals surface area contributed by atoms with Crippen molar-refractivity contribution in [1.82, 2.24) is 16.2 Å². The van der Waals surface area contributed by atoms with Crippen molar-refractivity contribution in [2.45, 2.75) is 6.92 Å². The fraction of sp³-hybridized carbons (Fsp3) is 0.167. The third kappa shape index (κ3) is 6.47. The van der Waals surface area contributed by atoms with Gasteiger partial charge < -0.3 is 9.47 Å². The fourth-order valence-electron chi connectivity index (χ4n) is 2.08. The lowest BCUT2D eigenvalue weighted by Crippen LogP contribution is -2.49. The van der Waals surface area contributed by atoms with Crippen LogP contribution in [0.3, 0.4) is 0 Å². The molecule has 0 aromatic heterocycles.